The maximum Gasteiger partial charge on any atom is 0.230 e. The largest absolute Gasteiger partial charge is 0.393 e. The van der Waals surface area contributed by atoms with Crippen molar-refractivity contribution < 1.29 is 9.59 Å². The minimum absolute atomic E-state index is 0.0425. The second kappa shape index (κ2) is 7.43. The zero-order valence-corrected chi connectivity index (χ0v) is 13.2. The zero-order valence-electron chi connectivity index (χ0n) is 12.4. The number of nitrogens with two attached hydrogens (primary N) is 1. The van der Waals surface area contributed by atoms with Crippen molar-refractivity contribution >= 4 is 29.0 Å². The highest BCUT2D eigenvalue weighted by Crippen LogP contribution is 2.11. The lowest BCUT2D eigenvalue weighted by molar-refractivity contribution is -0.124. The van der Waals surface area contributed by atoms with E-state index in [9.17, 15) is 9.59 Å². The van der Waals surface area contributed by atoms with Gasteiger partial charge in [-0.15, -0.1) is 0 Å². The highest BCUT2D eigenvalue weighted by molar-refractivity contribution is 7.80. The van der Waals surface area contributed by atoms with Gasteiger partial charge in [0.05, 0.1) is 10.9 Å². The molecule has 6 heteroatoms. The molecule has 110 valence electrons. The van der Waals surface area contributed by atoms with Crippen molar-refractivity contribution in [2.75, 3.05) is 6.54 Å². The van der Waals surface area contributed by atoms with Crippen molar-refractivity contribution in [3.8, 4) is 0 Å². The first kappa shape index (κ1) is 17.8. The van der Waals surface area contributed by atoms with E-state index in [1.807, 2.05) is 34.6 Å². The van der Waals surface area contributed by atoms with Gasteiger partial charge in [-0.2, -0.15) is 0 Å². The number of thiocarbonyl (C=S) groups is 1. The number of carbonyl (C=O) groups excluding carboxylic acids is 2. The molecule has 4 N–H and O–H groups in total. The minimum Gasteiger partial charge on any atom is -0.393 e. The number of carbonyl (C=O) groups is 2. The smallest absolute Gasteiger partial charge is 0.230 e. The summed E-state index contributed by atoms with van der Waals surface area (Å²) in [6, 6.07) is 0. The highest BCUT2D eigenvalue weighted by atomic mass is 32.1. The normalized spacial score (nSPS) is 12.9. The summed E-state index contributed by atoms with van der Waals surface area (Å²) in [5, 5.41) is 5.52. The predicted octanol–water partition coefficient (Wildman–Crippen LogP) is 0.966. The van der Waals surface area contributed by atoms with Crippen LogP contribution < -0.4 is 16.4 Å². The summed E-state index contributed by atoms with van der Waals surface area (Å²) in [6.45, 7) is 9.78. The van der Waals surface area contributed by atoms with Crippen LogP contribution in [0.25, 0.3) is 0 Å². The van der Waals surface area contributed by atoms with Crippen molar-refractivity contribution in [3.05, 3.63) is 0 Å². The van der Waals surface area contributed by atoms with Gasteiger partial charge < -0.3 is 16.4 Å². The number of amides is 2. The van der Waals surface area contributed by atoms with E-state index < -0.39 is 5.92 Å². The van der Waals surface area contributed by atoms with E-state index in [-0.39, 0.29) is 41.2 Å². The Hall–Kier alpha value is -1.17. The molecule has 0 heterocycles. The lowest BCUT2D eigenvalue weighted by atomic mass is 9.95. The molecule has 1 atom stereocenters. The fraction of sp³-hybridized carbons (Fsp3) is 0.769. The Bertz CT molecular complexity index is 348. The third-order valence-electron chi connectivity index (χ3n) is 2.42. The molecule has 1 unspecified atom stereocenters. The van der Waals surface area contributed by atoms with Crippen LogP contribution in [-0.2, 0) is 9.59 Å². The first-order chi connectivity index (χ1) is 8.54. The number of hydrogen-bond donors (Lipinski definition) is 3. The number of hydrogen-bond acceptors (Lipinski definition) is 3. The quantitative estimate of drug-likeness (QED) is 0.636. The molecule has 0 aliphatic heterocycles. The Morgan fingerprint density at radius 3 is 2.16 bits per heavy atom. The van der Waals surface area contributed by atoms with Gasteiger partial charge in [0.2, 0.25) is 11.8 Å². The molecule has 0 bridgehead atoms. The van der Waals surface area contributed by atoms with Gasteiger partial charge in [-0.25, -0.2) is 0 Å². The van der Waals surface area contributed by atoms with Crippen molar-refractivity contribution in [1.29, 1.82) is 0 Å². The van der Waals surface area contributed by atoms with E-state index in [1.165, 1.54) is 0 Å². The van der Waals surface area contributed by atoms with E-state index in [4.69, 9.17) is 18.0 Å². The predicted molar refractivity (Wildman–Crippen MR) is 80.6 cm³/mol. The zero-order chi connectivity index (χ0) is 15.2. The fourth-order valence-electron chi connectivity index (χ4n) is 1.65. The second-order valence-electron chi connectivity index (χ2n) is 5.96. The monoisotopic (exact) mass is 287 g/mol. The van der Waals surface area contributed by atoms with Crippen LogP contribution in [0.1, 0.15) is 41.0 Å². The van der Waals surface area contributed by atoms with E-state index in [1.54, 1.807) is 0 Å². The molecule has 0 aliphatic rings. The van der Waals surface area contributed by atoms with Gasteiger partial charge in [0.15, 0.2) is 0 Å². The SMILES string of the molecule is CC(C)C(C(=O)NCCC(=O)NC(C)(C)C)C(N)=S. The Balaban J connectivity index is 4.17. The van der Waals surface area contributed by atoms with Crippen molar-refractivity contribution in [3.63, 3.8) is 0 Å². The maximum absolute atomic E-state index is 11.9. The molecule has 0 radical (unpaired) electrons. The van der Waals surface area contributed by atoms with Crippen molar-refractivity contribution in [2.45, 2.75) is 46.6 Å². The lowest BCUT2D eigenvalue weighted by Crippen LogP contribution is -2.44. The third-order valence-corrected chi connectivity index (χ3v) is 2.68. The molecule has 5 nitrogen and oxygen atoms in total. The van der Waals surface area contributed by atoms with Crippen molar-refractivity contribution in [1.82, 2.24) is 10.6 Å². The highest BCUT2D eigenvalue weighted by Gasteiger charge is 2.24. The molecule has 0 aliphatic carbocycles. The van der Waals surface area contributed by atoms with Gasteiger partial charge in [-0.05, 0) is 26.7 Å². The number of nitrogens with one attached hydrogen (secondary N) is 2. The van der Waals surface area contributed by atoms with E-state index in [0.717, 1.165) is 0 Å². The molecule has 19 heavy (non-hydrogen) atoms. The van der Waals surface area contributed by atoms with Crippen LogP contribution in [0.5, 0.6) is 0 Å². The average Bonchev–Trinajstić information content (AvgIpc) is 2.12. The summed E-state index contributed by atoms with van der Waals surface area (Å²) in [5.41, 5.74) is 5.28. The summed E-state index contributed by atoms with van der Waals surface area (Å²) < 4.78 is 0. The van der Waals surface area contributed by atoms with Gasteiger partial charge in [0, 0.05) is 18.5 Å². The Kier molecular flexibility index (Phi) is 6.97. The second-order valence-corrected chi connectivity index (χ2v) is 6.43. The van der Waals surface area contributed by atoms with Crippen LogP contribution in [0.3, 0.4) is 0 Å². The van der Waals surface area contributed by atoms with Crippen molar-refractivity contribution in [2.24, 2.45) is 17.6 Å². The van der Waals surface area contributed by atoms with Crippen LogP contribution in [-0.4, -0.2) is 28.9 Å². The topological polar surface area (TPSA) is 84.2 Å². The summed E-state index contributed by atoms with van der Waals surface area (Å²) in [5.74, 6) is -0.753. The standard InChI is InChI=1S/C13H25N3O2S/c1-8(2)10(11(14)19)12(18)15-7-6-9(17)16-13(3,4)5/h8,10H,6-7H2,1-5H3,(H2,14,19)(H,15,18)(H,16,17). The molecule has 0 aromatic heterocycles. The molecule has 0 aromatic carbocycles. The molecule has 0 saturated heterocycles. The maximum atomic E-state index is 11.9. The summed E-state index contributed by atoms with van der Waals surface area (Å²) in [6.07, 6.45) is 0.241. The molecule has 0 fully saturated rings. The van der Waals surface area contributed by atoms with Gasteiger partial charge in [-0.1, -0.05) is 26.1 Å². The first-order valence-electron chi connectivity index (χ1n) is 6.42. The lowest BCUT2D eigenvalue weighted by Gasteiger charge is -2.21. The molecular formula is C13H25N3O2S. The summed E-state index contributed by atoms with van der Waals surface area (Å²) in [7, 11) is 0. The minimum atomic E-state index is -0.485. The van der Waals surface area contributed by atoms with Crippen LogP contribution in [0.4, 0.5) is 0 Å². The first-order valence-corrected chi connectivity index (χ1v) is 6.83. The number of rotatable bonds is 6. The molecule has 0 aromatic rings. The summed E-state index contributed by atoms with van der Waals surface area (Å²) in [4.78, 5) is 23.6. The molecular weight excluding hydrogens is 262 g/mol. The van der Waals surface area contributed by atoms with Crippen LogP contribution >= 0.6 is 12.2 Å². The van der Waals surface area contributed by atoms with E-state index in [2.05, 4.69) is 10.6 Å². The molecule has 0 spiro atoms. The summed E-state index contributed by atoms with van der Waals surface area (Å²) >= 11 is 4.88. The Morgan fingerprint density at radius 2 is 1.79 bits per heavy atom. The van der Waals surface area contributed by atoms with Crippen LogP contribution in [0.2, 0.25) is 0 Å². The van der Waals surface area contributed by atoms with E-state index in [0.29, 0.717) is 0 Å². The van der Waals surface area contributed by atoms with Crippen LogP contribution in [0.15, 0.2) is 0 Å². The third kappa shape index (κ3) is 7.77. The van der Waals surface area contributed by atoms with Gasteiger partial charge >= 0.3 is 0 Å². The van der Waals surface area contributed by atoms with Gasteiger partial charge in [0.1, 0.15) is 0 Å². The fourth-order valence-corrected chi connectivity index (χ4v) is 2.03. The molecule has 2 amide bonds. The van der Waals surface area contributed by atoms with E-state index >= 15 is 0 Å². The molecule has 0 rings (SSSR count). The Morgan fingerprint density at radius 1 is 1.26 bits per heavy atom. The van der Waals surface area contributed by atoms with Gasteiger partial charge in [-0.3, -0.25) is 9.59 Å². The van der Waals surface area contributed by atoms with Gasteiger partial charge in [0.25, 0.3) is 0 Å². The Labute approximate surface area is 120 Å². The van der Waals surface area contributed by atoms with Crippen LogP contribution in [0, 0.1) is 11.8 Å². The molecule has 0 saturated carbocycles. The average molecular weight is 287 g/mol.